The molecule has 1 amide bonds. The minimum atomic E-state index is -0.492. The molecule has 116 valence electrons. The van der Waals surface area contributed by atoms with E-state index in [2.05, 4.69) is 22.5 Å². The van der Waals surface area contributed by atoms with Crippen molar-refractivity contribution in [3.8, 4) is 0 Å². The third-order valence-electron chi connectivity index (χ3n) is 3.05. The Hall–Kier alpha value is -1.29. The molecule has 0 bridgehead atoms. The Morgan fingerprint density at radius 2 is 1.95 bits per heavy atom. The topological polar surface area (TPSA) is 29.5 Å². The van der Waals surface area contributed by atoms with E-state index in [-0.39, 0.29) is 12.1 Å². The molecule has 21 heavy (non-hydrogen) atoms. The van der Waals surface area contributed by atoms with Gasteiger partial charge in [-0.2, -0.15) is 0 Å². The summed E-state index contributed by atoms with van der Waals surface area (Å²) in [7, 11) is 1.78. The van der Waals surface area contributed by atoms with Gasteiger partial charge in [-0.3, -0.25) is 0 Å². The number of ether oxygens (including phenoxy) is 1. The average molecular weight is 354 g/mol. The van der Waals surface area contributed by atoms with Crippen molar-refractivity contribution >= 4 is 22.0 Å². The number of hydrogen-bond donors (Lipinski definition) is 0. The highest BCUT2D eigenvalue weighted by atomic mass is 79.9. The summed E-state index contributed by atoms with van der Waals surface area (Å²) in [5.74, 6) is 0. The molecule has 4 heteroatoms. The molecule has 1 unspecified atom stereocenters. The molecule has 1 aromatic rings. The van der Waals surface area contributed by atoms with Gasteiger partial charge in [-0.05, 0) is 51.3 Å². The van der Waals surface area contributed by atoms with Crippen LogP contribution in [0.1, 0.15) is 45.2 Å². The van der Waals surface area contributed by atoms with Crippen molar-refractivity contribution in [1.29, 1.82) is 0 Å². The minimum Gasteiger partial charge on any atom is -0.444 e. The van der Waals surface area contributed by atoms with Gasteiger partial charge in [-0.25, -0.2) is 4.79 Å². The van der Waals surface area contributed by atoms with Gasteiger partial charge in [0.15, 0.2) is 0 Å². The van der Waals surface area contributed by atoms with Crippen LogP contribution in [-0.2, 0) is 4.74 Å². The van der Waals surface area contributed by atoms with Crippen LogP contribution in [0.2, 0.25) is 0 Å². The SMILES string of the molecule is C=CCCC(c1ccc(Br)cc1)N(C)C(=O)OC(C)(C)C. The number of allylic oxidation sites excluding steroid dienone is 1. The lowest BCUT2D eigenvalue weighted by Gasteiger charge is -2.31. The van der Waals surface area contributed by atoms with E-state index in [0.717, 1.165) is 22.9 Å². The van der Waals surface area contributed by atoms with E-state index in [1.807, 2.05) is 51.1 Å². The summed E-state index contributed by atoms with van der Waals surface area (Å²) < 4.78 is 6.48. The minimum absolute atomic E-state index is 0.0223. The van der Waals surface area contributed by atoms with Crippen LogP contribution < -0.4 is 0 Å². The summed E-state index contributed by atoms with van der Waals surface area (Å²) >= 11 is 3.43. The van der Waals surface area contributed by atoms with Gasteiger partial charge in [0.25, 0.3) is 0 Å². The number of halogens is 1. The maximum absolute atomic E-state index is 12.3. The fourth-order valence-corrected chi connectivity index (χ4v) is 2.27. The Labute approximate surface area is 136 Å². The van der Waals surface area contributed by atoms with E-state index in [4.69, 9.17) is 4.74 Å². The molecule has 0 fully saturated rings. The molecule has 0 saturated carbocycles. The predicted octanol–water partition coefficient (Wildman–Crippen LogP) is 5.32. The third kappa shape index (κ3) is 5.92. The second-order valence-corrected chi connectivity index (χ2v) is 6.94. The lowest BCUT2D eigenvalue weighted by atomic mass is 10.0. The normalized spacial score (nSPS) is 12.6. The molecule has 0 aliphatic heterocycles. The second kappa shape index (κ2) is 7.64. The van der Waals surface area contributed by atoms with Gasteiger partial charge >= 0.3 is 6.09 Å². The first-order valence-electron chi connectivity index (χ1n) is 7.07. The van der Waals surface area contributed by atoms with Crippen molar-refractivity contribution in [3.05, 3.63) is 47.0 Å². The highest BCUT2D eigenvalue weighted by molar-refractivity contribution is 9.10. The molecular formula is C17H24BrNO2. The lowest BCUT2D eigenvalue weighted by molar-refractivity contribution is 0.0212. The van der Waals surface area contributed by atoms with Crippen molar-refractivity contribution in [1.82, 2.24) is 4.90 Å². The summed E-state index contributed by atoms with van der Waals surface area (Å²) in [4.78, 5) is 13.9. The Kier molecular flexibility index (Phi) is 6.46. The molecule has 0 spiro atoms. The Morgan fingerprint density at radius 3 is 2.43 bits per heavy atom. The number of benzene rings is 1. The van der Waals surface area contributed by atoms with E-state index in [1.165, 1.54) is 0 Å². The van der Waals surface area contributed by atoms with Crippen LogP contribution in [0.15, 0.2) is 41.4 Å². The Balaban J connectivity index is 2.93. The maximum atomic E-state index is 12.3. The molecule has 0 radical (unpaired) electrons. The summed E-state index contributed by atoms with van der Waals surface area (Å²) in [6, 6.07) is 8.00. The molecule has 3 nitrogen and oxygen atoms in total. The number of carbonyl (C=O) groups is 1. The van der Waals surface area contributed by atoms with Gasteiger partial charge in [-0.15, -0.1) is 6.58 Å². The first-order valence-corrected chi connectivity index (χ1v) is 7.86. The van der Waals surface area contributed by atoms with Crippen molar-refractivity contribution in [2.24, 2.45) is 0 Å². The van der Waals surface area contributed by atoms with Crippen LogP contribution in [0.5, 0.6) is 0 Å². The van der Waals surface area contributed by atoms with Crippen molar-refractivity contribution in [2.75, 3.05) is 7.05 Å². The molecule has 0 saturated heterocycles. The van der Waals surface area contributed by atoms with Gasteiger partial charge in [0.2, 0.25) is 0 Å². The van der Waals surface area contributed by atoms with E-state index < -0.39 is 5.60 Å². The van der Waals surface area contributed by atoms with Gasteiger partial charge in [0, 0.05) is 11.5 Å². The molecule has 1 aromatic carbocycles. The van der Waals surface area contributed by atoms with E-state index in [9.17, 15) is 4.79 Å². The van der Waals surface area contributed by atoms with Crippen LogP contribution >= 0.6 is 15.9 Å². The zero-order valence-electron chi connectivity index (χ0n) is 13.2. The monoisotopic (exact) mass is 353 g/mol. The van der Waals surface area contributed by atoms with Crippen molar-refractivity contribution in [2.45, 2.75) is 45.3 Å². The Morgan fingerprint density at radius 1 is 1.38 bits per heavy atom. The molecule has 1 atom stereocenters. The van der Waals surface area contributed by atoms with E-state index >= 15 is 0 Å². The number of amides is 1. The van der Waals surface area contributed by atoms with Crippen LogP contribution in [0.4, 0.5) is 4.79 Å². The van der Waals surface area contributed by atoms with Gasteiger partial charge < -0.3 is 9.64 Å². The fourth-order valence-electron chi connectivity index (χ4n) is 2.01. The number of nitrogens with zero attached hydrogens (tertiary/aromatic N) is 1. The molecule has 0 N–H and O–H groups in total. The fraction of sp³-hybridized carbons (Fsp3) is 0.471. The molecule has 0 aliphatic carbocycles. The molecule has 0 aliphatic rings. The molecular weight excluding hydrogens is 330 g/mol. The zero-order chi connectivity index (χ0) is 16.0. The molecule has 0 heterocycles. The lowest BCUT2D eigenvalue weighted by Crippen LogP contribution is -2.36. The highest BCUT2D eigenvalue weighted by Crippen LogP contribution is 2.27. The maximum Gasteiger partial charge on any atom is 0.410 e. The number of hydrogen-bond acceptors (Lipinski definition) is 2. The molecule has 1 rings (SSSR count). The van der Waals surface area contributed by atoms with Crippen LogP contribution in [-0.4, -0.2) is 23.6 Å². The summed E-state index contributed by atoms with van der Waals surface area (Å²) in [5.41, 5.74) is 0.599. The van der Waals surface area contributed by atoms with Crippen molar-refractivity contribution in [3.63, 3.8) is 0 Å². The first-order chi connectivity index (χ1) is 9.74. The molecule has 0 aromatic heterocycles. The third-order valence-corrected chi connectivity index (χ3v) is 3.58. The number of carbonyl (C=O) groups excluding carboxylic acids is 1. The second-order valence-electron chi connectivity index (χ2n) is 6.02. The summed E-state index contributed by atoms with van der Waals surface area (Å²) in [6.07, 6.45) is 3.23. The van der Waals surface area contributed by atoms with E-state index in [1.54, 1.807) is 11.9 Å². The quantitative estimate of drug-likeness (QED) is 0.670. The van der Waals surface area contributed by atoms with Gasteiger partial charge in [0.1, 0.15) is 5.60 Å². The average Bonchev–Trinajstić information content (AvgIpc) is 2.39. The van der Waals surface area contributed by atoms with E-state index in [0.29, 0.717) is 0 Å². The van der Waals surface area contributed by atoms with Gasteiger partial charge in [-0.1, -0.05) is 34.1 Å². The largest absolute Gasteiger partial charge is 0.444 e. The first kappa shape index (κ1) is 17.8. The predicted molar refractivity (Wildman–Crippen MR) is 90.3 cm³/mol. The van der Waals surface area contributed by atoms with Crippen LogP contribution in [0.25, 0.3) is 0 Å². The van der Waals surface area contributed by atoms with Gasteiger partial charge in [0.05, 0.1) is 6.04 Å². The Bertz CT molecular complexity index is 477. The smallest absolute Gasteiger partial charge is 0.410 e. The summed E-state index contributed by atoms with van der Waals surface area (Å²) in [5, 5.41) is 0. The van der Waals surface area contributed by atoms with Crippen LogP contribution in [0, 0.1) is 0 Å². The zero-order valence-corrected chi connectivity index (χ0v) is 14.8. The van der Waals surface area contributed by atoms with Crippen LogP contribution in [0.3, 0.4) is 0 Å². The standard InChI is InChI=1S/C17H24BrNO2/c1-6-7-8-15(13-9-11-14(18)12-10-13)19(5)16(20)21-17(2,3)4/h6,9-12,15H,1,7-8H2,2-5H3. The highest BCUT2D eigenvalue weighted by Gasteiger charge is 2.25. The van der Waals surface area contributed by atoms with Crippen molar-refractivity contribution < 1.29 is 9.53 Å². The summed E-state index contributed by atoms with van der Waals surface area (Å²) in [6.45, 7) is 9.38. The number of rotatable bonds is 5.